The van der Waals surface area contributed by atoms with Crippen LogP contribution in [0.5, 0.6) is 5.75 Å². The summed E-state index contributed by atoms with van der Waals surface area (Å²) in [4.78, 5) is 0. The smallest absolute Gasteiger partial charge is 0.248 e. The van der Waals surface area contributed by atoms with E-state index in [2.05, 4.69) is 0 Å². The van der Waals surface area contributed by atoms with Gasteiger partial charge in [-0.15, -0.1) is 0 Å². The van der Waals surface area contributed by atoms with Crippen LogP contribution >= 0.6 is 0 Å². The summed E-state index contributed by atoms with van der Waals surface area (Å²) in [5.74, 6) is -1.51. The summed E-state index contributed by atoms with van der Waals surface area (Å²) in [5.41, 5.74) is 6.61. The minimum atomic E-state index is -2.48. The van der Waals surface area contributed by atoms with Crippen LogP contribution in [-0.2, 0) is 4.74 Å². The van der Waals surface area contributed by atoms with Gasteiger partial charge in [-0.05, 0) is 49.4 Å². The first kappa shape index (κ1) is 17.2. The van der Waals surface area contributed by atoms with Gasteiger partial charge in [0.15, 0.2) is 0 Å². The molecule has 1 aliphatic carbocycles. The molecule has 2 N–H and O–H groups in total. The molecule has 1 saturated carbocycles. The van der Waals surface area contributed by atoms with Crippen molar-refractivity contribution in [1.29, 1.82) is 0 Å². The normalized spacial score (nSPS) is 19.8. The number of halogens is 2. The molecule has 0 heterocycles. The van der Waals surface area contributed by atoms with Gasteiger partial charge in [0, 0.05) is 20.0 Å². The highest BCUT2D eigenvalue weighted by Gasteiger charge is 2.34. The minimum absolute atomic E-state index is 0.0245. The number of methoxy groups -OCH3 is 1. The van der Waals surface area contributed by atoms with E-state index >= 15 is 0 Å². The molecular formula is C17H25F2NO2. The predicted octanol–water partition coefficient (Wildman–Crippen LogP) is 3.93. The Bertz CT molecular complexity index is 458. The van der Waals surface area contributed by atoms with Crippen LogP contribution in [0.2, 0.25) is 0 Å². The Hall–Kier alpha value is -1.20. The molecule has 2 rings (SSSR count). The zero-order valence-electron chi connectivity index (χ0n) is 13.1. The molecule has 0 aliphatic heterocycles. The third kappa shape index (κ3) is 4.92. The van der Waals surface area contributed by atoms with Crippen molar-refractivity contribution < 1.29 is 18.3 Å². The summed E-state index contributed by atoms with van der Waals surface area (Å²) in [6.07, 6.45) is 1.72. The van der Waals surface area contributed by atoms with E-state index in [0.29, 0.717) is 26.0 Å². The van der Waals surface area contributed by atoms with E-state index in [1.807, 2.05) is 24.3 Å². The molecular weight excluding hydrogens is 288 g/mol. The van der Waals surface area contributed by atoms with E-state index in [9.17, 15) is 8.78 Å². The van der Waals surface area contributed by atoms with Gasteiger partial charge in [-0.25, -0.2) is 8.78 Å². The van der Waals surface area contributed by atoms with Crippen LogP contribution in [0.1, 0.15) is 43.8 Å². The molecule has 0 saturated heterocycles. The van der Waals surface area contributed by atoms with Crippen molar-refractivity contribution in [3.05, 3.63) is 29.8 Å². The first-order valence-electron chi connectivity index (χ1n) is 7.87. The van der Waals surface area contributed by atoms with Crippen LogP contribution in [-0.4, -0.2) is 26.2 Å². The Kier molecular flexibility index (Phi) is 6.15. The molecule has 1 atom stereocenters. The molecule has 1 aliphatic rings. The summed E-state index contributed by atoms with van der Waals surface area (Å²) in [7, 11) is 1.66. The van der Waals surface area contributed by atoms with Gasteiger partial charge < -0.3 is 15.2 Å². The maximum atomic E-state index is 13.1. The lowest BCUT2D eigenvalue weighted by molar-refractivity contribution is -0.0498. The van der Waals surface area contributed by atoms with Crippen LogP contribution < -0.4 is 10.5 Å². The van der Waals surface area contributed by atoms with Gasteiger partial charge in [-0.2, -0.15) is 0 Å². The quantitative estimate of drug-likeness (QED) is 0.829. The van der Waals surface area contributed by atoms with E-state index < -0.39 is 5.92 Å². The van der Waals surface area contributed by atoms with Gasteiger partial charge in [0.05, 0.1) is 12.7 Å². The average Bonchev–Trinajstić information content (AvgIpc) is 2.52. The fraction of sp³-hybridized carbons (Fsp3) is 0.647. The molecule has 0 amide bonds. The molecule has 3 nitrogen and oxygen atoms in total. The minimum Gasteiger partial charge on any atom is -0.493 e. The van der Waals surface area contributed by atoms with E-state index in [1.165, 1.54) is 0 Å². The molecule has 0 radical (unpaired) electrons. The van der Waals surface area contributed by atoms with Gasteiger partial charge in [-0.3, -0.25) is 0 Å². The number of hydrogen-bond donors (Lipinski definition) is 1. The zero-order chi connectivity index (χ0) is 16.0. The number of ether oxygens (including phenoxy) is 2. The fourth-order valence-corrected chi connectivity index (χ4v) is 2.86. The molecule has 0 aromatic heterocycles. The molecule has 124 valence electrons. The second-order valence-electron chi connectivity index (χ2n) is 5.98. The second kappa shape index (κ2) is 7.88. The SMILES string of the molecule is COC(CCN)c1cccc(OCC2CCC(F)(F)CC2)c1. The Morgan fingerprint density at radius 1 is 1.32 bits per heavy atom. The average molecular weight is 313 g/mol. The zero-order valence-corrected chi connectivity index (χ0v) is 13.1. The van der Waals surface area contributed by atoms with Gasteiger partial charge in [-0.1, -0.05) is 12.1 Å². The van der Waals surface area contributed by atoms with E-state index in [4.69, 9.17) is 15.2 Å². The Labute approximate surface area is 130 Å². The van der Waals surface area contributed by atoms with Crippen molar-refractivity contribution in [2.24, 2.45) is 11.7 Å². The van der Waals surface area contributed by atoms with Crippen LogP contribution in [0.3, 0.4) is 0 Å². The van der Waals surface area contributed by atoms with Crippen molar-refractivity contribution in [2.75, 3.05) is 20.3 Å². The van der Waals surface area contributed by atoms with Crippen LogP contribution in [0, 0.1) is 5.92 Å². The predicted molar refractivity (Wildman–Crippen MR) is 82.3 cm³/mol. The number of benzene rings is 1. The molecule has 1 unspecified atom stereocenters. The number of alkyl halides is 2. The van der Waals surface area contributed by atoms with Gasteiger partial charge in [0.2, 0.25) is 5.92 Å². The van der Waals surface area contributed by atoms with Gasteiger partial charge in [0.25, 0.3) is 0 Å². The van der Waals surface area contributed by atoms with Gasteiger partial charge in [0.1, 0.15) is 5.75 Å². The molecule has 22 heavy (non-hydrogen) atoms. The highest BCUT2D eigenvalue weighted by Crippen LogP contribution is 2.36. The molecule has 1 aromatic carbocycles. The largest absolute Gasteiger partial charge is 0.493 e. The third-order valence-corrected chi connectivity index (χ3v) is 4.27. The monoisotopic (exact) mass is 313 g/mol. The number of nitrogens with two attached hydrogens (primary N) is 1. The highest BCUT2D eigenvalue weighted by atomic mass is 19.3. The summed E-state index contributed by atoms with van der Waals surface area (Å²) in [6, 6.07) is 7.73. The van der Waals surface area contributed by atoms with E-state index in [1.54, 1.807) is 7.11 Å². The maximum Gasteiger partial charge on any atom is 0.248 e. The number of hydrogen-bond acceptors (Lipinski definition) is 3. The third-order valence-electron chi connectivity index (χ3n) is 4.27. The summed E-state index contributed by atoms with van der Waals surface area (Å²) in [5, 5.41) is 0. The topological polar surface area (TPSA) is 44.5 Å². The van der Waals surface area contributed by atoms with Crippen molar-refractivity contribution in [3.63, 3.8) is 0 Å². The lowest BCUT2D eigenvalue weighted by atomic mass is 9.87. The molecule has 5 heteroatoms. The molecule has 1 aromatic rings. The van der Waals surface area contributed by atoms with Gasteiger partial charge >= 0.3 is 0 Å². The van der Waals surface area contributed by atoms with Crippen molar-refractivity contribution >= 4 is 0 Å². The van der Waals surface area contributed by atoms with E-state index in [0.717, 1.165) is 17.7 Å². The lowest BCUT2D eigenvalue weighted by Gasteiger charge is -2.28. The van der Waals surface area contributed by atoms with Crippen LogP contribution in [0.25, 0.3) is 0 Å². The first-order chi connectivity index (χ1) is 10.5. The summed E-state index contributed by atoms with van der Waals surface area (Å²) < 4.78 is 37.5. The Balaban J connectivity index is 1.88. The van der Waals surface area contributed by atoms with Crippen LogP contribution in [0.15, 0.2) is 24.3 Å². The summed E-state index contributed by atoms with van der Waals surface area (Å²) >= 11 is 0. The molecule has 0 spiro atoms. The molecule has 1 fully saturated rings. The Morgan fingerprint density at radius 3 is 2.68 bits per heavy atom. The maximum absolute atomic E-state index is 13.1. The summed E-state index contributed by atoms with van der Waals surface area (Å²) in [6.45, 7) is 1.05. The first-order valence-corrected chi connectivity index (χ1v) is 7.87. The van der Waals surface area contributed by atoms with Crippen molar-refractivity contribution in [1.82, 2.24) is 0 Å². The molecule has 0 bridgehead atoms. The Morgan fingerprint density at radius 2 is 2.05 bits per heavy atom. The van der Waals surface area contributed by atoms with Crippen molar-refractivity contribution in [2.45, 2.75) is 44.1 Å². The number of rotatable bonds is 7. The standard InChI is InChI=1S/C17H25F2NO2/c1-21-16(7-10-20)14-3-2-4-15(11-14)22-12-13-5-8-17(18,19)9-6-13/h2-4,11,13,16H,5-10,12,20H2,1H3. The van der Waals surface area contributed by atoms with Crippen LogP contribution in [0.4, 0.5) is 8.78 Å². The second-order valence-corrected chi connectivity index (χ2v) is 5.98. The lowest BCUT2D eigenvalue weighted by Crippen LogP contribution is -2.27. The van der Waals surface area contributed by atoms with Crippen molar-refractivity contribution in [3.8, 4) is 5.75 Å². The highest BCUT2D eigenvalue weighted by molar-refractivity contribution is 5.30. The van der Waals surface area contributed by atoms with E-state index in [-0.39, 0.29) is 24.9 Å². The fourth-order valence-electron chi connectivity index (χ4n) is 2.86.